The summed E-state index contributed by atoms with van der Waals surface area (Å²) >= 11 is 0. The second-order valence-electron chi connectivity index (χ2n) is 6.43. The number of rotatable bonds is 3. The maximum atomic E-state index is 6.37. The third-order valence-electron chi connectivity index (χ3n) is 4.75. The first-order chi connectivity index (χ1) is 9.08. The quantitative estimate of drug-likeness (QED) is 0.905. The second kappa shape index (κ2) is 4.80. The summed E-state index contributed by atoms with van der Waals surface area (Å²) in [6.07, 6.45) is 1.12. The van der Waals surface area contributed by atoms with E-state index in [1.165, 1.54) is 5.56 Å². The van der Waals surface area contributed by atoms with E-state index >= 15 is 0 Å². The fraction of sp³-hybridized carbons (Fsp3) is 0.625. The maximum absolute atomic E-state index is 6.37. The number of nitrogens with two attached hydrogens (primary N) is 1. The van der Waals surface area contributed by atoms with Gasteiger partial charge >= 0.3 is 0 Å². The molecule has 1 unspecified atom stereocenters. The molecule has 0 spiro atoms. The molecule has 1 fully saturated rings. The highest BCUT2D eigenvalue weighted by Crippen LogP contribution is 2.36. The molecule has 2 heterocycles. The zero-order valence-electron chi connectivity index (χ0n) is 11.9. The molecule has 19 heavy (non-hydrogen) atoms. The van der Waals surface area contributed by atoms with Crippen LogP contribution in [0.15, 0.2) is 24.3 Å². The summed E-state index contributed by atoms with van der Waals surface area (Å²) in [5.41, 5.74) is 7.77. The van der Waals surface area contributed by atoms with Crippen LogP contribution in [0.4, 0.5) is 0 Å². The van der Waals surface area contributed by atoms with E-state index in [0.717, 1.165) is 38.4 Å². The van der Waals surface area contributed by atoms with Crippen molar-refractivity contribution < 1.29 is 4.74 Å². The van der Waals surface area contributed by atoms with Gasteiger partial charge in [0.05, 0.1) is 6.61 Å². The van der Waals surface area contributed by atoms with Crippen molar-refractivity contribution in [1.29, 1.82) is 0 Å². The standard InChI is InChI=1S/C16H24N2O/c1-12(2)16(17)10-18(11-16)9-13-7-8-19-15-6-4-3-5-14(13)15/h3-6,12-13H,7-11,17H2,1-2H3. The minimum absolute atomic E-state index is 0.0324. The average molecular weight is 260 g/mol. The van der Waals surface area contributed by atoms with Crippen LogP contribution >= 0.6 is 0 Å². The lowest BCUT2D eigenvalue weighted by Crippen LogP contribution is -2.70. The minimum atomic E-state index is 0.0324. The van der Waals surface area contributed by atoms with Crippen molar-refractivity contribution in [3.05, 3.63) is 29.8 Å². The summed E-state index contributed by atoms with van der Waals surface area (Å²) in [5.74, 6) is 2.23. The van der Waals surface area contributed by atoms with Crippen molar-refractivity contribution >= 4 is 0 Å². The van der Waals surface area contributed by atoms with Gasteiger partial charge in [-0.3, -0.25) is 4.90 Å². The Morgan fingerprint density at radius 2 is 2.11 bits per heavy atom. The van der Waals surface area contributed by atoms with E-state index in [9.17, 15) is 0 Å². The Labute approximate surface area is 115 Å². The molecule has 104 valence electrons. The van der Waals surface area contributed by atoms with Gasteiger partial charge < -0.3 is 10.5 Å². The summed E-state index contributed by atoms with van der Waals surface area (Å²) in [7, 11) is 0. The van der Waals surface area contributed by atoms with E-state index in [0.29, 0.717) is 11.8 Å². The van der Waals surface area contributed by atoms with E-state index < -0.39 is 0 Å². The Balaban J connectivity index is 1.64. The fourth-order valence-electron chi connectivity index (χ4n) is 3.20. The Kier molecular flexibility index (Phi) is 3.27. The first-order valence-corrected chi connectivity index (χ1v) is 7.31. The van der Waals surface area contributed by atoms with Crippen molar-refractivity contribution in [3.8, 4) is 5.75 Å². The van der Waals surface area contributed by atoms with Crippen LogP contribution in [0.1, 0.15) is 31.7 Å². The SMILES string of the molecule is CC(C)C1(N)CN(CC2CCOc3ccccc32)C1. The van der Waals surface area contributed by atoms with Crippen LogP contribution in [0.5, 0.6) is 5.75 Å². The van der Waals surface area contributed by atoms with E-state index in [2.05, 4.69) is 43.0 Å². The van der Waals surface area contributed by atoms with E-state index in [1.54, 1.807) is 0 Å². The molecule has 1 aromatic carbocycles. The number of nitrogens with zero attached hydrogens (tertiary/aromatic N) is 1. The smallest absolute Gasteiger partial charge is 0.122 e. The van der Waals surface area contributed by atoms with Gasteiger partial charge in [0.1, 0.15) is 5.75 Å². The molecule has 2 N–H and O–H groups in total. The largest absolute Gasteiger partial charge is 0.493 e. The Hall–Kier alpha value is -1.06. The van der Waals surface area contributed by atoms with Crippen LogP contribution < -0.4 is 10.5 Å². The number of ether oxygens (including phenoxy) is 1. The highest BCUT2D eigenvalue weighted by Gasteiger charge is 2.42. The van der Waals surface area contributed by atoms with Crippen LogP contribution in [0.25, 0.3) is 0 Å². The van der Waals surface area contributed by atoms with Gasteiger partial charge in [0.25, 0.3) is 0 Å². The minimum Gasteiger partial charge on any atom is -0.493 e. The first-order valence-electron chi connectivity index (χ1n) is 7.31. The molecule has 3 rings (SSSR count). The van der Waals surface area contributed by atoms with Gasteiger partial charge in [-0.1, -0.05) is 32.0 Å². The van der Waals surface area contributed by atoms with Gasteiger partial charge in [0, 0.05) is 31.1 Å². The fourth-order valence-corrected chi connectivity index (χ4v) is 3.20. The molecule has 1 atom stereocenters. The molecule has 3 nitrogen and oxygen atoms in total. The molecule has 0 aliphatic carbocycles. The van der Waals surface area contributed by atoms with Gasteiger partial charge in [-0.05, 0) is 24.0 Å². The van der Waals surface area contributed by atoms with Gasteiger partial charge in [-0.15, -0.1) is 0 Å². The van der Waals surface area contributed by atoms with E-state index in [-0.39, 0.29) is 5.54 Å². The van der Waals surface area contributed by atoms with Crippen LogP contribution in [0.2, 0.25) is 0 Å². The van der Waals surface area contributed by atoms with Crippen molar-refractivity contribution in [2.45, 2.75) is 31.7 Å². The normalized spacial score (nSPS) is 25.6. The Morgan fingerprint density at radius 3 is 2.84 bits per heavy atom. The van der Waals surface area contributed by atoms with Gasteiger partial charge in [-0.25, -0.2) is 0 Å². The maximum Gasteiger partial charge on any atom is 0.122 e. The van der Waals surface area contributed by atoms with Gasteiger partial charge in [-0.2, -0.15) is 0 Å². The number of benzene rings is 1. The molecule has 1 saturated heterocycles. The van der Waals surface area contributed by atoms with Gasteiger partial charge in [0.15, 0.2) is 0 Å². The third kappa shape index (κ3) is 2.37. The van der Waals surface area contributed by atoms with Crippen LogP contribution in [-0.2, 0) is 0 Å². The van der Waals surface area contributed by atoms with E-state index in [4.69, 9.17) is 10.5 Å². The molecule has 0 radical (unpaired) electrons. The lowest BCUT2D eigenvalue weighted by Gasteiger charge is -2.51. The summed E-state index contributed by atoms with van der Waals surface area (Å²) < 4.78 is 5.72. The molecular weight excluding hydrogens is 236 g/mol. The van der Waals surface area contributed by atoms with Crippen molar-refractivity contribution in [2.24, 2.45) is 11.7 Å². The second-order valence-corrected chi connectivity index (χ2v) is 6.43. The number of likely N-dealkylation sites (tertiary alicyclic amines) is 1. The molecular formula is C16H24N2O. The van der Waals surface area contributed by atoms with Gasteiger partial charge in [0.2, 0.25) is 0 Å². The number of fused-ring (bicyclic) bond motifs is 1. The highest BCUT2D eigenvalue weighted by atomic mass is 16.5. The molecule has 0 amide bonds. The number of hydrogen-bond acceptors (Lipinski definition) is 3. The summed E-state index contributed by atoms with van der Waals surface area (Å²) in [6.45, 7) is 8.47. The first kappa shape index (κ1) is 12.9. The average Bonchev–Trinajstić information content (AvgIpc) is 2.37. The Morgan fingerprint density at radius 1 is 1.37 bits per heavy atom. The van der Waals surface area contributed by atoms with Crippen molar-refractivity contribution in [3.63, 3.8) is 0 Å². The highest BCUT2D eigenvalue weighted by molar-refractivity contribution is 5.38. The topological polar surface area (TPSA) is 38.5 Å². The Bertz CT molecular complexity index is 452. The van der Waals surface area contributed by atoms with Crippen LogP contribution in [0.3, 0.4) is 0 Å². The van der Waals surface area contributed by atoms with Crippen LogP contribution in [0, 0.1) is 5.92 Å². The number of hydrogen-bond donors (Lipinski definition) is 1. The lowest BCUT2D eigenvalue weighted by atomic mass is 9.79. The van der Waals surface area contributed by atoms with Crippen molar-refractivity contribution in [2.75, 3.05) is 26.2 Å². The zero-order chi connectivity index (χ0) is 13.5. The van der Waals surface area contributed by atoms with Crippen molar-refractivity contribution in [1.82, 2.24) is 4.90 Å². The molecule has 0 bridgehead atoms. The predicted octanol–water partition coefficient (Wildman–Crippen LogP) is 2.22. The zero-order valence-corrected chi connectivity index (χ0v) is 11.9. The molecule has 2 aliphatic heterocycles. The summed E-state index contributed by atoms with van der Waals surface area (Å²) in [5, 5.41) is 0. The molecule has 3 heteroatoms. The molecule has 0 saturated carbocycles. The molecule has 2 aliphatic rings. The predicted molar refractivity (Wildman–Crippen MR) is 77.5 cm³/mol. The molecule has 0 aromatic heterocycles. The summed E-state index contributed by atoms with van der Waals surface area (Å²) in [6, 6.07) is 8.45. The van der Waals surface area contributed by atoms with Crippen LogP contribution in [-0.4, -0.2) is 36.7 Å². The summed E-state index contributed by atoms with van der Waals surface area (Å²) in [4.78, 5) is 2.49. The monoisotopic (exact) mass is 260 g/mol. The molecule has 1 aromatic rings. The lowest BCUT2D eigenvalue weighted by molar-refractivity contribution is 0.0295. The number of para-hydroxylation sites is 1. The van der Waals surface area contributed by atoms with E-state index in [1.807, 2.05) is 0 Å². The third-order valence-corrected chi connectivity index (χ3v) is 4.75.